The number of likely N-dealkylation sites (tertiary alicyclic amines) is 1. The fraction of sp³-hybridized carbons (Fsp3) is 0.216. The predicted octanol–water partition coefficient (Wildman–Crippen LogP) is 9.39. The number of rotatable bonds is 10. The zero-order valence-electron chi connectivity index (χ0n) is 25.6. The monoisotopic (exact) mass is 703 g/mol. The number of thiophene rings is 1. The second-order valence-corrected chi connectivity index (χ2v) is 14.0. The second-order valence-electron chi connectivity index (χ2n) is 11.9. The Kier molecular flexibility index (Phi) is 10.0. The number of amides is 1. The summed E-state index contributed by atoms with van der Waals surface area (Å²) in [5, 5.41) is 18.0. The van der Waals surface area contributed by atoms with E-state index in [2.05, 4.69) is 10.2 Å². The first-order valence-electron chi connectivity index (χ1n) is 15.2. The third-order valence-corrected chi connectivity index (χ3v) is 10.7. The average Bonchev–Trinajstić information content (AvgIpc) is 3.65. The topological polar surface area (TPSA) is 82.0 Å². The van der Waals surface area contributed by atoms with E-state index >= 15 is 0 Å². The molecule has 0 aliphatic carbocycles. The fourth-order valence-electron chi connectivity index (χ4n) is 6.11. The Morgan fingerprint density at radius 1 is 0.979 bits per heavy atom. The molecule has 6 rings (SSSR count). The smallest absolute Gasteiger partial charge is 0.328 e. The van der Waals surface area contributed by atoms with Crippen LogP contribution in [0.15, 0.2) is 101 Å². The number of nitrogens with one attached hydrogen (secondary N) is 1. The van der Waals surface area contributed by atoms with Crippen molar-refractivity contribution >= 4 is 79.5 Å². The van der Waals surface area contributed by atoms with Gasteiger partial charge in [0.25, 0.3) is 0 Å². The molecular formula is C37H32Cl3N3O3S. The molecule has 4 aromatic carbocycles. The number of aliphatic carboxylic acids is 1. The van der Waals surface area contributed by atoms with Gasteiger partial charge in [0.1, 0.15) is 0 Å². The number of carboxylic acid groups (broad SMARTS) is 1. The van der Waals surface area contributed by atoms with Crippen molar-refractivity contribution in [1.29, 1.82) is 0 Å². The molecule has 1 saturated heterocycles. The van der Waals surface area contributed by atoms with Gasteiger partial charge in [-0.25, -0.2) is 4.79 Å². The lowest BCUT2D eigenvalue weighted by atomic mass is 9.95. The van der Waals surface area contributed by atoms with Crippen molar-refractivity contribution in [3.05, 3.63) is 134 Å². The van der Waals surface area contributed by atoms with Crippen molar-refractivity contribution in [2.75, 3.05) is 11.9 Å². The fourth-order valence-corrected chi connectivity index (χ4v) is 7.57. The van der Waals surface area contributed by atoms with Crippen LogP contribution >= 0.6 is 46.1 Å². The molecule has 0 spiro atoms. The molecule has 1 amide bonds. The summed E-state index contributed by atoms with van der Waals surface area (Å²) in [4.78, 5) is 33.9. The maximum Gasteiger partial charge on any atom is 0.328 e. The molecule has 1 aliphatic rings. The lowest BCUT2D eigenvalue weighted by molar-refractivity contribution is -0.138. The van der Waals surface area contributed by atoms with Crippen LogP contribution in [-0.2, 0) is 22.6 Å². The second kappa shape index (κ2) is 14.2. The first-order valence-corrected chi connectivity index (χ1v) is 17.3. The number of aliphatic imine (C=N–C) groups is 1. The zero-order valence-corrected chi connectivity index (χ0v) is 28.6. The van der Waals surface area contributed by atoms with E-state index in [4.69, 9.17) is 39.8 Å². The van der Waals surface area contributed by atoms with Crippen LogP contribution in [-0.4, -0.2) is 45.7 Å². The molecule has 5 aromatic rings. The molecule has 1 aromatic heterocycles. The summed E-state index contributed by atoms with van der Waals surface area (Å²) in [5.41, 5.74) is 3.25. The van der Waals surface area contributed by atoms with Gasteiger partial charge in [-0.1, -0.05) is 89.4 Å². The number of carbonyl (C=O) groups is 2. The van der Waals surface area contributed by atoms with Gasteiger partial charge in [0.05, 0.1) is 27.0 Å². The molecule has 2 N–H and O–H groups in total. The van der Waals surface area contributed by atoms with Crippen LogP contribution in [0.1, 0.15) is 42.0 Å². The number of fused-ring (bicyclic) bond motifs is 1. The van der Waals surface area contributed by atoms with Gasteiger partial charge in [-0.3, -0.25) is 14.7 Å². The molecule has 1 aliphatic heterocycles. The average molecular weight is 705 g/mol. The predicted molar refractivity (Wildman–Crippen MR) is 194 cm³/mol. The summed E-state index contributed by atoms with van der Waals surface area (Å²) in [7, 11) is 0. The van der Waals surface area contributed by atoms with Gasteiger partial charge in [0.15, 0.2) is 6.04 Å². The van der Waals surface area contributed by atoms with E-state index in [-0.39, 0.29) is 12.3 Å². The summed E-state index contributed by atoms with van der Waals surface area (Å²) >= 11 is 20.5. The van der Waals surface area contributed by atoms with Crippen LogP contribution in [0.4, 0.5) is 5.69 Å². The summed E-state index contributed by atoms with van der Waals surface area (Å²) in [5.74, 6) is -1.22. The molecule has 10 heteroatoms. The van der Waals surface area contributed by atoms with Gasteiger partial charge >= 0.3 is 5.97 Å². The first kappa shape index (κ1) is 33.2. The van der Waals surface area contributed by atoms with Crippen LogP contribution in [0, 0.1) is 0 Å². The maximum absolute atomic E-state index is 14.2. The van der Waals surface area contributed by atoms with Gasteiger partial charge in [-0.05, 0) is 84.6 Å². The Labute approximate surface area is 292 Å². The van der Waals surface area contributed by atoms with Gasteiger partial charge in [0.2, 0.25) is 5.91 Å². The minimum Gasteiger partial charge on any atom is -0.480 e. The molecule has 240 valence electrons. The van der Waals surface area contributed by atoms with Crippen LogP contribution in [0.3, 0.4) is 0 Å². The van der Waals surface area contributed by atoms with Crippen molar-refractivity contribution in [1.82, 2.24) is 4.90 Å². The highest BCUT2D eigenvalue weighted by Gasteiger charge is 2.43. The van der Waals surface area contributed by atoms with Crippen LogP contribution in [0.2, 0.25) is 15.1 Å². The lowest BCUT2D eigenvalue weighted by Crippen LogP contribution is -2.50. The summed E-state index contributed by atoms with van der Waals surface area (Å²) < 4.78 is 1.09. The number of nitrogens with zero attached hydrogens (tertiary/aromatic N) is 2. The summed E-state index contributed by atoms with van der Waals surface area (Å²) in [6, 6.07) is 26.9. The third-order valence-electron chi connectivity index (χ3n) is 8.71. The van der Waals surface area contributed by atoms with Gasteiger partial charge in [0, 0.05) is 33.8 Å². The number of carboxylic acids is 1. The van der Waals surface area contributed by atoms with E-state index in [0.29, 0.717) is 50.6 Å². The van der Waals surface area contributed by atoms with E-state index in [1.807, 2.05) is 79.0 Å². The first-order chi connectivity index (χ1) is 22.6. The van der Waals surface area contributed by atoms with Gasteiger partial charge < -0.3 is 10.4 Å². The van der Waals surface area contributed by atoms with Gasteiger partial charge in [-0.15, -0.1) is 11.3 Å². The minimum atomic E-state index is -1.08. The Hall–Kier alpha value is -3.72. The Bertz CT molecular complexity index is 1980. The Morgan fingerprint density at radius 2 is 1.74 bits per heavy atom. The van der Waals surface area contributed by atoms with Crippen molar-refractivity contribution in [3.8, 4) is 0 Å². The van der Waals surface area contributed by atoms with Crippen molar-refractivity contribution in [2.45, 2.75) is 44.3 Å². The molecule has 2 atom stereocenters. The number of hydrogen-bond donors (Lipinski definition) is 2. The molecule has 6 nitrogen and oxygen atoms in total. The van der Waals surface area contributed by atoms with Crippen molar-refractivity contribution in [2.24, 2.45) is 4.99 Å². The van der Waals surface area contributed by atoms with Crippen LogP contribution < -0.4 is 5.32 Å². The third kappa shape index (κ3) is 7.25. The van der Waals surface area contributed by atoms with Crippen molar-refractivity contribution in [3.63, 3.8) is 0 Å². The Morgan fingerprint density at radius 3 is 2.51 bits per heavy atom. The Balaban J connectivity index is 1.36. The highest BCUT2D eigenvalue weighted by Crippen LogP contribution is 2.35. The molecule has 0 unspecified atom stereocenters. The lowest BCUT2D eigenvalue weighted by Gasteiger charge is -2.34. The van der Waals surface area contributed by atoms with E-state index < -0.39 is 17.6 Å². The summed E-state index contributed by atoms with van der Waals surface area (Å²) in [6.45, 7) is 3.22. The molecular weight excluding hydrogens is 673 g/mol. The van der Waals surface area contributed by atoms with Crippen LogP contribution in [0.25, 0.3) is 10.1 Å². The molecule has 0 saturated carbocycles. The minimum absolute atomic E-state index is 0.175. The number of anilines is 1. The molecule has 47 heavy (non-hydrogen) atoms. The maximum atomic E-state index is 14.2. The van der Waals surface area contributed by atoms with Gasteiger partial charge in [-0.2, -0.15) is 0 Å². The number of hydrogen-bond acceptors (Lipinski definition) is 5. The number of benzene rings is 4. The van der Waals surface area contributed by atoms with Crippen molar-refractivity contribution < 1.29 is 14.7 Å². The van der Waals surface area contributed by atoms with E-state index in [0.717, 1.165) is 34.2 Å². The highest BCUT2D eigenvalue weighted by atomic mass is 35.5. The highest BCUT2D eigenvalue weighted by molar-refractivity contribution is 7.17. The molecule has 0 bridgehead atoms. The molecule has 0 radical (unpaired) electrons. The quantitative estimate of drug-likeness (QED) is 0.142. The van der Waals surface area contributed by atoms with E-state index in [9.17, 15) is 14.7 Å². The standard InChI is InChI=1S/C37H32Cl3N3O3S/c1-37(16-7-17-43(37)21-23-12-14-29(39)30(40)18-23)36(46)42-31-15-13-26(38)20-28(31)34(24-8-3-2-4-9-24)41-32(35(44)45)19-25-22-47-33-11-6-5-10-27(25)33/h2-6,8-15,18,20,22,32H,7,16-17,19,21H2,1H3,(H,42,46)(H,44,45)/t32-,37+/m1/s1. The van der Waals surface area contributed by atoms with Crippen LogP contribution in [0.5, 0.6) is 0 Å². The normalized spacial score (nSPS) is 17.6. The zero-order chi connectivity index (χ0) is 33.1. The largest absolute Gasteiger partial charge is 0.480 e. The number of halogens is 3. The van der Waals surface area contributed by atoms with E-state index in [1.54, 1.807) is 35.6 Å². The molecule has 1 fully saturated rings. The SMILES string of the molecule is C[C@@]1(C(=O)Nc2ccc(Cl)cc2C(=N[C@H](Cc2csc3ccccc23)C(=O)O)c2ccccc2)CCCN1Cc1ccc(Cl)c(Cl)c1. The van der Waals surface area contributed by atoms with E-state index in [1.165, 1.54) is 0 Å². The molecule has 2 heterocycles. The number of carbonyl (C=O) groups excluding carboxylic acids is 1. The summed E-state index contributed by atoms with van der Waals surface area (Å²) in [6.07, 6.45) is 1.73.